The van der Waals surface area contributed by atoms with Gasteiger partial charge in [0, 0.05) is 11.3 Å². The van der Waals surface area contributed by atoms with Crippen molar-refractivity contribution in [2.45, 2.75) is 30.6 Å². The van der Waals surface area contributed by atoms with Crippen molar-refractivity contribution in [1.82, 2.24) is 9.97 Å². The van der Waals surface area contributed by atoms with Gasteiger partial charge >= 0.3 is 0 Å². The summed E-state index contributed by atoms with van der Waals surface area (Å²) in [5.74, 6) is 0.914. The molecule has 1 aromatic heterocycles. The Kier molecular flexibility index (Phi) is 2.97. The third kappa shape index (κ3) is 2.14. The molecule has 2 atom stereocenters. The van der Waals surface area contributed by atoms with E-state index in [1.807, 2.05) is 30.0 Å². The van der Waals surface area contributed by atoms with E-state index in [9.17, 15) is 0 Å². The number of thioether (sulfide) groups is 1. The minimum Gasteiger partial charge on any atom is -0.352 e. The van der Waals surface area contributed by atoms with Crippen LogP contribution in [0.15, 0.2) is 24.3 Å². The van der Waals surface area contributed by atoms with E-state index in [2.05, 4.69) is 27.6 Å². The molecule has 2 unspecified atom stereocenters. The maximum Gasteiger partial charge on any atom is 0.201 e. The summed E-state index contributed by atoms with van der Waals surface area (Å²) in [6.45, 7) is 0. The molecule has 0 radical (unpaired) electrons. The van der Waals surface area contributed by atoms with Gasteiger partial charge in [-0.2, -0.15) is 11.8 Å². The van der Waals surface area contributed by atoms with Crippen molar-refractivity contribution in [3.05, 3.63) is 24.3 Å². The van der Waals surface area contributed by atoms with Crippen LogP contribution in [0.1, 0.15) is 19.3 Å². The Morgan fingerprint density at radius 1 is 1.35 bits per heavy atom. The lowest BCUT2D eigenvalue weighted by atomic mass is 10.2. The van der Waals surface area contributed by atoms with Crippen LogP contribution in [0.2, 0.25) is 0 Å². The van der Waals surface area contributed by atoms with Crippen LogP contribution in [0.4, 0.5) is 5.95 Å². The van der Waals surface area contributed by atoms with Gasteiger partial charge in [-0.25, -0.2) is 4.98 Å². The lowest BCUT2D eigenvalue weighted by Crippen LogP contribution is -2.26. The number of hydrogen-bond acceptors (Lipinski definition) is 3. The molecule has 90 valence electrons. The largest absolute Gasteiger partial charge is 0.352 e. The molecule has 1 heterocycles. The summed E-state index contributed by atoms with van der Waals surface area (Å²) in [7, 11) is 0. The summed E-state index contributed by atoms with van der Waals surface area (Å²) in [4.78, 5) is 7.90. The Morgan fingerprint density at radius 2 is 2.24 bits per heavy atom. The van der Waals surface area contributed by atoms with Crippen molar-refractivity contribution in [3.8, 4) is 0 Å². The summed E-state index contributed by atoms with van der Waals surface area (Å²) in [5, 5.41) is 4.27. The number of aromatic amines is 1. The van der Waals surface area contributed by atoms with Crippen molar-refractivity contribution in [2.24, 2.45) is 0 Å². The normalized spacial score (nSPS) is 24.3. The van der Waals surface area contributed by atoms with E-state index < -0.39 is 0 Å². The van der Waals surface area contributed by atoms with Gasteiger partial charge in [-0.05, 0) is 31.2 Å². The van der Waals surface area contributed by atoms with E-state index >= 15 is 0 Å². The topological polar surface area (TPSA) is 40.7 Å². The molecule has 3 rings (SSSR count). The number of hydrogen-bond donors (Lipinski definition) is 2. The molecule has 0 saturated heterocycles. The summed E-state index contributed by atoms with van der Waals surface area (Å²) >= 11 is 1.96. The second kappa shape index (κ2) is 4.61. The van der Waals surface area contributed by atoms with Crippen molar-refractivity contribution >= 4 is 28.7 Å². The summed E-state index contributed by atoms with van der Waals surface area (Å²) in [6, 6.07) is 8.72. The van der Waals surface area contributed by atoms with Crippen LogP contribution in [-0.4, -0.2) is 27.5 Å². The highest BCUT2D eigenvalue weighted by molar-refractivity contribution is 7.99. The smallest absolute Gasteiger partial charge is 0.201 e. The van der Waals surface area contributed by atoms with Gasteiger partial charge in [-0.3, -0.25) is 0 Å². The van der Waals surface area contributed by atoms with Gasteiger partial charge in [0.25, 0.3) is 0 Å². The fourth-order valence-corrected chi connectivity index (χ4v) is 3.51. The number of nitrogens with one attached hydrogen (secondary N) is 2. The average Bonchev–Trinajstić information content (AvgIpc) is 2.94. The molecule has 0 aliphatic heterocycles. The number of anilines is 1. The molecule has 1 aromatic carbocycles. The SMILES string of the molecule is CSC1CCCC1Nc1nc2ccccc2[nH]1. The monoisotopic (exact) mass is 247 g/mol. The van der Waals surface area contributed by atoms with Crippen molar-refractivity contribution in [2.75, 3.05) is 11.6 Å². The molecule has 4 heteroatoms. The Balaban J connectivity index is 1.80. The molecular weight excluding hydrogens is 230 g/mol. The summed E-state index contributed by atoms with van der Waals surface area (Å²) in [5.41, 5.74) is 2.14. The minimum absolute atomic E-state index is 0.561. The predicted octanol–water partition coefficient (Wildman–Crippen LogP) is 3.26. The van der Waals surface area contributed by atoms with E-state index in [4.69, 9.17) is 0 Å². The highest BCUT2D eigenvalue weighted by atomic mass is 32.2. The summed E-state index contributed by atoms with van der Waals surface area (Å²) in [6.07, 6.45) is 6.09. The molecule has 0 spiro atoms. The predicted molar refractivity (Wildman–Crippen MR) is 74.7 cm³/mol. The molecule has 2 aromatic rings. The third-order valence-electron chi connectivity index (χ3n) is 3.47. The number of nitrogens with zero attached hydrogens (tertiary/aromatic N) is 1. The Labute approximate surface area is 105 Å². The fraction of sp³-hybridized carbons (Fsp3) is 0.462. The number of H-pyrrole nitrogens is 1. The zero-order valence-electron chi connectivity index (χ0n) is 9.94. The highest BCUT2D eigenvalue weighted by Crippen LogP contribution is 2.30. The number of benzene rings is 1. The van der Waals surface area contributed by atoms with Crippen LogP contribution in [-0.2, 0) is 0 Å². The zero-order chi connectivity index (χ0) is 11.7. The van der Waals surface area contributed by atoms with Crippen LogP contribution in [0.25, 0.3) is 11.0 Å². The van der Waals surface area contributed by atoms with Crippen molar-refractivity contribution < 1.29 is 0 Å². The first-order valence-electron chi connectivity index (χ1n) is 6.11. The molecular formula is C13H17N3S. The van der Waals surface area contributed by atoms with Gasteiger partial charge in [0.05, 0.1) is 11.0 Å². The molecule has 17 heavy (non-hydrogen) atoms. The van der Waals surface area contributed by atoms with E-state index in [0.29, 0.717) is 6.04 Å². The first kappa shape index (κ1) is 11.0. The maximum atomic E-state index is 4.57. The molecule has 3 nitrogen and oxygen atoms in total. The van der Waals surface area contributed by atoms with Crippen LogP contribution in [0.3, 0.4) is 0 Å². The number of aromatic nitrogens is 2. The standard InChI is InChI=1S/C13H17N3S/c1-17-12-8-4-7-11(12)16-13-14-9-5-2-3-6-10(9)15-13/h2-3,5-6,11-12H,4,7-8H2,1H3,(H2,14,15,16). The van der Waals surface area contributed by atoms with Gasteiger partial charge < -0.3 is 10.3 Å². The zero-order valence-corrected chi connectivity index (χ0v) is 10.8. The molecule has 0 amide bonds. The minimum atomic E-state index is 0.561. The molecule has 2 N–H and O–H groups in total. The fourth-order valence-electron chi connectivity index (χ4n) is 2.57. The number of fused-ring (bicyclic) bond motifs is 1. The first-order chi connectivity index (χ1) is 8.36. The Morgan fingerprint density at radius 3 is 3.06 bits per heavy atom. The maximum absolute atomic E-state index is 4.57. The molecule has 1 saturated carbocycles. The number of imidazole rings is 1. The highest BCUT2D eigenvalue weighted by Gasteiger charge is 2.26. The van der Waals surface area contributed by atoms with E-state index in [1.54, 1.807) is 0 Å². The van der Waals surface area contributed by atoms with Crippen LogP contribution in [0, 0.1) is 0 Å². The lowest BCUT2D eigenvalue weighted by molar-refractivity contribution is 0.760. The quantitative estimate of drug-likeness (QED) is 0.874. The van der Waals surface area contributed by atoms with Crippen molar-refractivity contribution in [1.29, 1.82) is 0 Å². The lowest BCUT2D eigenvalue weighted by Gasteiger charge is -2.18. The first-order valence-corrected chi connectivity index (χ1v) is 7.39. The Bertz CT molecular complexity index is 475. The molecule has 1 aliphatic carbocycles. The van der Waals surface area contributed by atoms with E-state index in [1.165, 1.54) is 19.3 Å². The number of para-hydroxylation sites is 2. The van der Waals surface area contributed by atoms with E-state index in [0.717, 1.165) is 22.2 Å². The Hall–Kier alpha value is -1.16. The van der Waals surface area contributed by atoms with Gasteiger partial charge in [0.15, 0.2) is 0 Å². The van der Waals surface area contributed by atoms with Gasteiger partial charge in [-0.1, -0.05) is 18.6 Å². The summed E-state index contributed by atoms with van der Waals surface area (Å²) < 4.78 is 0. The van der Waals surface area contributed by atoms with Gasteiger partial charge in [0.1, 0.15) is 0 Å². The van der Waals surface area contributed by atoms with Crippen LogP contribution in [0.5, 0.6) is 0 Å². The molecule has 0 bridgehead atoms. The van der Waals surface area contributed by atoms with Crippen LogP contribution < -0.4 is 5.32 Å². The van der Waals surface area contributed by atoms with E-state index in [-0.39, 0.29) is 0 Å². The van der Waals surface area contributed by atoms with Gasteiger partial charge in [0.2, 0.25) is 5.95 Å². The second-order valence-corrected chi connectivity index (χ2v) is 5.64. The van der Waals surface area contributed by atoms with Gasteiger partial charge in [-0.15, -0.1) is 0 Å². The average molecular weight is 247 g/mol. The number of rotatable bonds is 3. The van der Waals surface area contributed by atoms with Crippen molar-refractivity contribution in [3.63, 3.8) is 0 Å². The third-order valence-corrected chi connectivity index (χ3v) is 4.64. The second-order valence-electron chi connectivity index (χ2n) is 4.56. The molecule has 1 fully saturated rings. The molecule has 1 aliphatic rings. The van der Waals surface area contributed by atoms with Crippen LogP contribution >= 0.6 is 11.8 Å².